The molecule has 0 aromatic carbocycles. The van der Waals surface area contributed by atoms with Gasteiger partial charge in [0.05, 0.1) is 0 Å². The highest BCUT2D eigenvalue weighted by Gasteiger charge is 2.21. The predicted octanol–water partition coefficient (Wildman–Crippen LogP) is 3.95. The van der Waals surface area contributed by atoms with Crippen LogP contribution in [0, 0.1) is 0 Å². The van der Waals surface area contributed by atoms with Gasteiger partial charge in [0.2, 0.25) is 0 Å². The van der Waals surface area contributed by atoms with Crippen LogP contribution < -0.4 is 0 Å². The van der Waals surface area contributed by atoms with Gasteiger partial charge < -0.3 is 0 Å². The van der Waals surface area contributed by atoms with E-state index in [1.54, 1.807) is 0 Å². The fourth-order valence-corrected chi connectivity index (χ4v) is 3.45. The van der Waals surface area contributed by atoms with Crippen molar-refractivity contribution in [1.29, 1.82) is 0 Å². The van der Waals surface area contributed by atoms with Gasteiger partial charge in [0.25, 0.3) is 0 Å². The van der Waals surface area contributed by atoms with Crippen molar-refractivity contribution in [2.75, 3.05) is 0 Å². The zero-order valence-electron chi connectivity index (χ0n) is 7.28. The Balaban J connectivity index is 3.59. The first-order valence-electron chi connectivity index (χ1n) is 4.03. The van der Waals surface area contributed by atoms with Gasteiger partial charge in [-0.25, -0.2) is 0 Å². The van der Waals surface area contributed by atoms with Gasteiger partial charge in [0.1, 0.15) is 0 Å². The van der Waals surface area contributed by atoms with E-state index >= 15 is 0 Å². The fourth-order valence-electron chi connectivity index (χ4n) is 0.931. The summed E-state index contributed by atoms with van der Waals surface area (Å²) in [5.41, 5.74) is 0. The third-order valence-corrected chi connectivity index (χ3v) is 5.54. The van der Waals surface area contributed by atoms with E-state index in [0.29, 0.717) is 0 Å². The monoisotopic (exact) mass is 188 g/mol. The summed E-state index contributed by atoms with van der Waals surface area (Å²) < 4.78 is 0. The van der Waals surface area contributed by atoms with Crippen molar-refractivity contribution < 1.29 is 0 Å². The Morgan fingerprint density at radius 2 is 1.55 bits per heavy atom. The topological polar surface area (TPSA) is 0 Å². The number of hydrogen-bond donors (Lipinski definition) is 0. The maximum Gasteiger partial charge on any atom is 0.154 e. The molecular weight excluding hydrogens is 172 g/mol. The SMILES string of the molecule is C=CCC[Si](C)(Cl)CCC=C. The fraction of sp³-hybridized carbons (Fsp3) is 0.556. The van der Waals surface area contributed by atoms with E-state index < -0.39 is 7.38 Å². The molecule has 0 bridgehead atoms. The Labute approximate surface area is 75.7 Å². The van der Waals surface area contributed by atoms with Gasteiger partial charge in [-0.05, 0) is 24.9 Å². The molecule has 0 spiro atoms. The van der Waals surface area contributed by atoms with Crippen LogP contribution in [0.5, 0.6) is 0 Å². The molecule has 0 N–H and O–H groups in total. The highest BCUT2D eigenvalue weighted by molar-refractivity contribution is 7.19. The summed E-state index contributed by atoms with van der Waals surface area (Å²) >= 11 is 6.34. The first-order chi connectivity index (χ1) is 5.12. The second-order valence-corrected chi connectivity index (χ2v) is 9.63. The average Bonchev–Trinajstić information content (AvgIpc) is 1.97. The standard InChI is InChI=1S/C9H17ClSi/c1-4-6-8-11(3,10)9-7-5-2/h4-5H,1-2,6-9H2,3H3. The molecule has 0 fully saturated rings. The van der Waals surface area contributed by atoms with Gasteiger partial charge >= 0.3 is 0 Å². The molecule has 11 heavy (non-hydrogen) atoms. The number of hydrogen-bond acceptors (Lipinski definition) is 0. The van der Waals surface area contributed by atoms with Crippen molar-refractivity contribution in [1.82, 2.24) is 0 Å². The lowest BCUT2D eigenvalue weighted by atomic mass is 10.5. The minimum Gasteiger partial charge on any atom is -0.167 e. The molecule has 0 atom stereocenters. The average molecular weight is 189 g/mol. The van der Waals surface area contributed by atoms with Gasteiger partial charge in [-0.1, -0.05) is 18.7 Å². The quantitative estimate of drug-likeness (QED) is 0.337. The summed E-state index contributed by atoms with van der Waals surface area (Å²) in [4.78, 5) is 0. The van der Waals surface area contributed by atoms with Gasteiger partial charge in [0.15, 0.2) is 7.38 Å². The van der Waals surface area contributed by atoms with Crippen LogP contribution in [0.3, 0.4) is 0 Å². The Morgan fingerprint density at radius 1 is 1.18 bits per heavy atom. The third-order valence-electron chi connectivity index (χ3n) is 1.74. The minimum absolute atomic E-state index is 1.06. The van der Waals surface area contributed by atoms with Crippen LogP contribution in [0.4, 0.5) is 0 Å². The van der Waals surface area contributed by atoms with Crippen molar-refractivity contribution in [3.63, 3.8) is 0 Å². The molecule has 0 unspecified atom stereocenters. The van der Waals surface area contributed by atoms with E-state index in [-0.39, 0.29) is 0 Å². The van der Waals surface area contributed by atoms with Crippen molar-refractivity contribution in [2.24, 2.45) is 0 Å². The summed E-state index contributed by atoms with van der Waals surface area (Å²) in [6.45, 7) is 9.58. The normalized spacial score (nSPS) is 11.1. The van der Waals surface area contributed by atoms with Crippen LogP contribution in [0.1, 0.15) is 12.8 Å². The van der Waals surface area contributed by atoms with E-state index in [9.17, 15) is 0 Å². The molecule has 0 saturated heterocycles. The lowest BCUT2D eigenvalue weighted by Crippen LogP contribution is -2.20. The highest BCUT2D eigenvalue weighted by Crippen LogP contribution is 2.23. The molecule has 0 nitrogen and oxygen atoms in total. The lowest BCUT2D eigenvalue weighted by Gasteiger charge is -2.16. The summed E-state index contributed by atoms with van der Waals surface area (Å²) in [7, 11) is -1.42. The zero-order chi connectivity index (χ0) is 8.74. The molecule has 64 valence electrons. The molecule has 0 radical (unpaired) electrons. The Bertz CT molecular complexity index is 116. The van der Waals surface area contributed by atoms with Crippen LogP contribution in [-0.2, 0) is 0 Å². The van der Waals surface area contributed by atoms with E-state index in [0.717, 1.165) is 24.9 Å². The molecule has 0 rings (SSSR count). The molecule has 0 aromatic rings. The second kappa shape index (κ2) is 5.61. The molecule has 0 aliphatic heterocycles. The number of allylic oxidation sites excluding steroid dienone is 2. The van der Waals surface area contributed by atoms with Crippen LogP contribution in [0.25, 0.3) is 0 Å². The van der Waals surface area contributed by atoms with E-state index in [2.05, 4.69) is 19.7 Å². The highest BCUT2D eigenvalue weighted by atomic mass is 35.6. The van der Waals surface area contributed by atoms with Crippen molar-refractivity contribution >= 4 is 18.5 Å². The first kappa shape index (κ1) is 11.0. The molecule has 2 heteroatoms. The predicted molar refractivity (Wildman–Crippen MR) is 56.7 cm³/mol. The van der Waals surface area contributed by atoms with Gasteiger partial charge in [0, 0.05) is 0 Å². The molecule has 0 saturated carbocycles. The van der Waals surface area contributed by atoms with Crippen LogP contribution in [0.2, 0.25) is 18.6 Å². The molecule has 0 aromatic heterocycles. The summed E-state index contributed by atoms with van der Waals surface area (Å²) in [6, 6.07) is 2.29. The molecular formula is C9H17ClSi. The van der Waals surface area contributed by atoms with Gasteiger partial charge in [-0.2, -0.15) is 11.1 Å². The molecule has 0 heterocycles. The summed E-state index contributed by atoms with van der Waals surface area (Å²) in [5.74, 6) is 0. The van der Waals surface area contributed by atoms with E-state index in [1.807, 2.05) is 12.2 Å². The molecule has 0 aliphatic carbocycles. The number of rotatable bonds is 6. The Morgan fingerprint density at radius 3 is 1.82 bits per heavy atom. The second-order valence-electron chi connectivity index (χ2n) is 3.07. The first-order valence-corrected chi connectivity index (χ1v) is 7.96. The van der Waals surface area contributed by atoms with Crippen molar-refractivity contribution in [3.8, 4) is 0 Å². The zero-order valence-corrected chi connectivity index (χ0v) is 9.03. The smallest absolute Gasteiger partial charge is 0.154 e. The summed E-state index contributed by atoms with van der Waals surface area (Å²) in [5, 5.41) is 0. The maximum absolute atomic E-state index is 6.34. The lowest BCUT2D eigenvalue weighted by molar-refractivity contribution is 1.11. The van der Waals surface area contributed by atoms with Crippen molar-refractivity contribution in [2.45, 2.75) is 31.5 Å². The van der Waals surface area contributed by atoms with Crippen LogP contribution in [-0.4, -0.2) is 7.38 Å². The largest absolute Gasteiger partial charge is 0.167 e. The summed E-state index contributed by atoms with van der Waals surface area (Å²) in [6.07, 6.45) is 6.01. The minimum atomic E-state index is -1.42. The van der Waals surface area contributed by atoms with E-state index in [4.69, 9.17) is 11.1 Å². The molecule has 0 aliphatic rings. The number of halogens is 1. The van der Waals surface area contributed by atoms with E-state index in [1.165, 1.54) is 0 Å². The van der Waals surface area contributed by atoms with Gasteiger partial charge in [-0.3, -0.25) is 0 Å². The Kier molecular flexibility index (Phi) is 5.61. The van der Waals surface area contributed by atoms with Crippen molar-refractivity contribution in [3.05, 3.63) is 25.3 Å². The van der Waals surface area contributed by atoms with Gasteiger partial charge in [-0.15, -0.1) is 13.2 Å². The van der Waals surface area contributed by atoms with Crippen LogP contribution in [0.15, 0.2) is 25.3 Å². The third kappa shape index (κ3) is 6.39. The van der Waals surface area contributed by atoms with Crippen LogP contribution >= 0.6 is 11.1 Å². The molecule has 0 amide bonds. The maximum atomic E-state index is 6.34. The Hall–Kier alpha value is -0.0131.